The molecule has 4 heteroatoms. The number of nitrogens with one attached hydrogen (secondary N) is 1. The first kappa shape index (κ1) is 15.3. The van der Waals surface area contributed by atoms with Crippen LogP contribution in [-0.4, -0.2) is 5.91 Å². The second-order valence-corrected chi connectivity index (χ2v) is 6.10. The van der Waals surface area contributed by atoms with E-state index in [0.717, 1.165) is 4.88 Å². The summed E-state index contributed by atoms with van der Waals surface area (Å²) in [5.74, 6) is 1.12. The number of hydrogen-bond acceptors (Lipinski definition) is 3. The summed E-state index contributed by atoms with van der Waals surface area (Å²) >= 11 is 1.63. The van der Waals surface area contributed by atoms with Gasteiger partial charge in [0.05, 0.1) is 11.6 Å². The fraction of sp³-hybridized carbons (Fsp3) is 0.105. The van der Waals surface area contributed by atoms with Gasteiger partial charge in [0.1, 0.15) is 11.5 Å². The Morgan fingerprint density at radius 1 is 1.00 bits per heavy atom. The topological polar surface area (TPSA) is 38.3 Å². The number of amides is 1. The Hall–Kier alpha value is -2.59. The number of carbonyl (C=O) groups excluding carboxylic acids is 1. The minimum absolute atomic E-state index is 0.0349. The Balaban J connectivity index is 1.78. The smallest absolute Gasteiger partial charge is 0.255 e. The summed E-state index contributed by atoms with van der Waals surface area (Å²) in [6, 6.07) is 20.7. The van der Waals surface area contributed by atoms with E-state index in [1.807, 2.05) is 66.9 Å². The first-order valence-electron chi connectivity index (χ1n) is 7.40. The van der Waals surface area contributed by atoms with Gasteiger partial charge in [-0.05, 0) is 42.6 Å². The average molecular weight is 323 g/mol. The lowest BCUT2D eigenvalue weighted by molar-refractivity contribution is 0.0938. The van der Waals surface area contributed by atoms with Crippen LogP contribution in [0.5, 0.6) is 11.5 Å². The van der Waals surface area contributed by atoms with Gasteiger partial charge in [0.25, 0.3) is 5.91 Å². The van der Waals surface area contributed by atoms with Crippen molar-refractivity contribution in [3.05, 3.63) is 82.6 Å². The second kappa shape index (κ2) is 7.11. The van der Waals surface area contributed by atoms with Crippen molar-refractivity contribution in [2.45, 2.75) is 13.0 Å². The highest BCUT2D eigenvalue weighted by molar-refractivity contribution is 7.10. The van der Waals surface area contributed by atoms with E-state index < -0.39 is 0 Å². The number of ether oxygens (including phenoxy) is 1. The van der Waals surface area contributed by atoms with Crippen molar-refractivity contribution in [3.63, 3.8) is 0 Å². The minimum Gasteiger partial charge on any atom is -0.457 e. The monoisotopic (exact) mass is 323 g/mol. The summed E-state index contributed by atoms with van der Waals surface area (Å²) in [5, 5.41) is 5.02. The molecule has 1 amide bonds. The van der Waals surface area contributed by atoms with Crippen LogP contribution in [0.25, 0.3) is 0 Å². The van der Waals surface area contributed by atoms with Crippen molar-refractivity contribution in [2.24, 2.45) is 0 Å². The van der Waals surface area contributed by atoms with Crippen molar-refractivity contribution in [2.75, 3.05) is 0 Å². The Kier molecular flexibility index (Phi) is 4.74. The van der Waals surface area contributed by atoms with Gasteiger partial charge in [-0.15, -0.1) is 11.3 Å². The van der Waals surface area contributed by atoms with Gasteiger partial charge in [-0.1, -0.05) is 36.4 Å². The van der Waals surface area contributed by atoms with Gasteiger partial charge in [-0.2, -0.15) is 0 Å². The van der Waals surface area contributed by atoms with Crippen molar-refractivity contribution >= 4 is 17.2 Å². The number of thiophene rings is 1. The first-order chi connectivity index (χ1) is 11.2. The van der Waals surface area contributed by atoms with Gasteiger partial charge >= 0.3 is 0 Å². The molecule has 1 N–H and O–H groups in total. The molecule has 0 bridgehead atoms. The van der Waals surface area contributed by atoms with Crippen LogP contribution in [-0.2, 0) is 0 Å². The SMILES string of the molecule is C[C@H](NC(=O)c1ccccc1Oc1ccccc1)c1cccs1. The van der Waals surface area contributed by atoms with Gasteiger partial charge < -0.3 is 10.1 Å². The number of benzene rings is 2. The summed E-state index contributed by atoms with van der Waals surface area (Å²) in [7, 11) is 0. The standard InChI is InChI=1S/C19H17NO2S/c1-14(18-12-7-13-23-18)20-19(21)16-10-5-6-11-17(16)22-15-8-3-2-4-9-15/h2-14H,1H3,(H,20,21)/t14-/m0/s1. The molecule has 0 saturated heterocycles. The summed E-state index contributed by atoms with van der Waals surface area (Å²) in [4.78, 5) is 13.7. The predicted molar refractivity (Wildman–Crippen MR) is 93.2 cm³/mol. The molecule has 0 fully saturated rings. The van der Waals surface area contributed by atoms with Gasteiger partial charge in [-0.25, -0.2) is 0 Å². The Bertz CT molecular complexity index is 769. The first-order valence-corrected chi connectivity index (χ1v) is 8.28. The van der Waals surface area contributed by atoms with Crippen LogP contribution in [0.2, 0.25) is 0 Å². The molecule has 0 aliphatic rings. The van der Waals surface area contributed by atoms with E-state index in [0.29, 0.717) is 17.1 Å². The normalized spacial score (nSPS) is 11.7. The lowest BCUT2D eigenvalue weighted by atomic mass is 10.1. The maximum absolute atomic E-state index is 12.6. The Morgan fingerprint density at radius 2 is 1.74 bits per heavy atom. The number of rotatable bonds is 5. The summed E-state index contributed by atoms with van der Waals surface area (Å²) < 4.78 is 5.84. The van der Waals surface area contributed by atoms with E-state index in [1.54, 1.807) is 23.5 Å². The zero-order valence-electron chi connectivity index (χ0n) is 12.7. The van der Waals surface area contributed by atoms with Crippen LogP contribution in [0.3, 0.4) is 0 Å². The maximum Gasteiger partial charge on any atom is 0.255 e. The average Bonchev–Trinajstić information content (AvgIpc) is 3.11. The van der Waals surface area contributed by atoms with Crippen LogP contribution in [0.1, 0.15) is 28.2 Å². The summed E-state index contributed by atoms with van der Waals surface area (Å²) in [6.45, 7) is 1.98. The van der Waals surface area contributed by atoms with E-state index in [9.17, 15) is 4.79 Å². The molecule has 3 aromatic rings. The molecule has 0 radical (unpaired) electrons. The maximum atomic E-state index is 12.6. The highest BCUT2D eigenvalue weighted by atomic mass is 32.1. The molecule has 0 unspecified atom stereocenters. The molecule has 1 atom stereocenters. The minimum atomic E-state index is -0.141. The van der Waals surface area contributed by atoms with E-state index in [2.05, 4.69) is 5.32 Å². The fourth-order valence-corrected chi connectivity index (χ4v) is 2.98. The highest BCUT2D eigenvalue weighted by Gasteiger charge is 2.16. The molecule has 3 rings (SSSR count). The van der Waals surface area contributed by atoms with Gasteiger partial charge in [0.2, 0.25) is 0 Å². The molecule has 0 saturated carbocycles. The molecule has 23 heavy (non-hydrogen) atoms. The predicted octanol–water partition coefficient (Wildman–Crippen LogP) is 5.03. The van der Waals surface area contributed by atoms with E-state index in [4.69, 9.17) is 4.74 Å². The van der Waals surface area contributed by atoms with E-state index >= 15 is 0 Å². The van der Waals surface area contributed by atoms with Gasteiger partial charge in [0.15, 0.2) is 0 Å². The Morgan fingerprint density at radius 3 is 2.48 bits per heavy atom. The van der Waals surface area contributed by atoms with Crippen LogP contribution >= 0.6 is 11.3 Å². The molecule has 116 valence electrons. The van der Waals surface area contributed by atoms with Crippen molar-refractivity contribution in [1.29, 1.82) is 0 Å². The molecule has 0 aliphatic carbocycles. The third-order valence-corrected chi connectivity index (χ3v) is 4.48. The number of carbonyl (C=O) groups is 1. The fourth-order valence-electron chi connectivity index (χ4n) is 2.24. The van der Waals surface area contributed by atoms with Gasteiger partial charge in [-0.3, -0.25) is 4.79 Å². The zero-order valence-corrected chi connectivity index (χ0v) is 13.5. The van der Waals surface area contributed by atoms with E-state index in [1.165, 1.54) is 0 Å². The molecule has 2 aromatic carbocycles. The van der Waals surface area contributed by atoms with Crippen LogP contribution in [0.15, 0.2) is 72.1 Å². The molecule has 0 spiro atoms. The van der Waals surface area contributed by atoms with Crippen LogP contribution in [0.4, 0.5) is 0 Å². The zero-order chi connectivity index (χ0) is 16.1. The third kappa shape index (κ3) is 3.79. The van der Waals surface area contributed by atoms with Crippen molar-refractivity contribution in [3.8, 4) is 11.5 Å². The summed E-state index contributed by atoms with van der Waals surface area (Å²) in [6.07, 6.45) is 0. The lowest BCUT2D eigenvalue weighted by Crippen LogP contribution is -2.26. The molecule has 0 aliphatic heterocycles. The van der Waals surface area contributed by atoms with Gasteiger partial charge in [0, 0.05) is 4.88 Å². The van der Waals surface area contributed by atoms with E-state index in [-0.39, 0.29) is 11.9 Å². The summed E-state index contributed by atoms with van der Waals surface area (Å²) in [5.41, 5.74) is 0.528. The lowest BCUT2D eigenvalue weighted by Gasteiger charge is -2.15. The quantitative estimate of drug-likeness (QED) is 0.715. The second-order valence-electron chi connectivity index (χ2n) is 5.12. The van der Waals surface area contributed by atoms with Crippen molar-refractivity contribution < 1.29 is 9.53 Å². The van der Waals surface area contributed by atoms with Crippen LogP contribution < -0.4 is 10.1 Å². The molecular weight excluding hydrogens is 306 g/mol. The number of para-hydroxylation sites is 2. The Labute approximate surface area is 139 Å². The largest absolute Gasteiger partial charge is 0.457 e. The molecule has 3 nitrogen and oxygen atoms in total. The highest BCUT2D eigenvalue weighted by Crippen LogP contribution is 2.26. The molecular formula is C19H17NO2S. The molecule has 1 aromatic heterocycles. The third-order valence-electron chi connectivity index (χ3n) is 3.42. The van der Waals surface area contributed by atoms with Crippen LogP contribution in [0, 0.1) is 0 Å². The molecule has 1 heterocycles. The number of hydrogen-bond donors (Lipinski definition) is 1. The van der Waals surface area contributed by atoms with Crippen molar-refractivity contribution in [1.82, 2.24) is 5.32 Å².